The van der Waals surface area contributed by atoms with Crippen molar-refractivity contribution < 1.29 is 5.11 Å². The van der Waals surface area contributed by atoms with E-state index in [1.54, 1.807) is 0 Å². The van der Waals surface area contributed by atoms with E-state index in [1.165, 1.54) is 6.42 Å². The third kappa shape index (κ3) is 2.96. The fourth-order valence-corrected chi connectivity index (χ4v) is 2.89. The zero-order valence-electron chi connectivity index (χ0n) is 11.4. The molecular formula is C15H24N2O. The van der Waals surface area contributed by atoms with Gasteiger partial charge in [0, 0.05) is 6.54 Å². The standard InChI is InChI=1S/C15H24N2O/c1-11-5-4-8-15(18,9-11)10-17-13-7-3-6-12(2)14(13)16/h3,6-7,11,17-18H,4-5,8-10,16H2,1-2H3. The minimum atomic E-state index is -0.576. The van der Waals surface area contributed by atoms with Crippen LogP contribution in [0.15, 0.2) is 18.2 Å². The highest BCUT2D eigenvalue weighted by atomic mass is 16.3. The lowest BCUT2D eigenvalue weighted by Crippen LogP contribution is -2.41. The Hall–Kier alpha value is -1.22. The summed E-state index contributed by atoms with van der Waals surface area (Å²) in [4.78, 5) is 0. The summed E-state index contributed by atoms with van der Waals surface area (Å²) in [7, 11) is 0. The predicted octanol–water partition coefficient (Wildman–Crippen LogP) is 2.93. The molecule has 0 aromatic heterocycles. The predicted molar refractivity (Wildman–Crippen MR) is 76.7 cm³/mol. The highest BCUT2D eigenvalue weighted by Gasteiger charge is 2.32. The molecule has 0 bridgehead atoms. The summed E-state index contributed by atoms with van der Waals surface area (Å²) in [5.41, 5.74) is 8.24. The second kappa shape index (κ2) is 5.19. The monoisotopic (exact) mass is 248 g/mol. The average molecular weight is 248 g/mol. The van der Waals surface area contributed by atoms with E-state index in [1.807, 2.05) is 25.1 Å². The fraction of sp³-hybridized carbons (Fsp3) is 0.600. The van der Waals surface area contributed by atoms with Crippen molar-refractivity contribution in [3.63, 3.8) is 0 Å². The molecule has 3 heteroatoms. The third-order valence-corrected chi connectivity index (χ3v) is 4.00. The molecular weight excluding hydrogens is 224 g/mol. The quantitative estimate of drug-likeness (QED) is 0.721. The lowest BCUT2D eigenvalue weighted by atomic mass is 9.79. The van der Waals surface area contributed by atoms with Crippen molar-refractivity contribution in [2.45, 2.75) is 45.1 Å². The number of anilines is 2. The number of nitrogens with one attached hydrogen (secondary N) is 1. The van der Waals surface area contributed by atoms with Gasteiger partial charge in [0.15, 0.2) is 0 Å². The van der Waals surface area contributed by atoms with Crippen molar-refractivity contribution in [2.24, 2.45) is 5.92 Å². The van der Waals surface area contributed by atoms with Gasteiger partial charge in [0.2, 0.25) is 0 Å². The maximum atomic E-state index is 10.6. The van der Waals surface area contributed by atoms with Gasteiger partial charge in [0.1, 0.15) is 0 Å². The van der Waals surface area contributed by atoms with Crippen LogP contribution in [0.1, 0.15) is 38.2 Å². The first kappa shape index (κ1) is 13.2. The molecule has 0 heterocycles. The van der Waals surface area contributed by atoms with Gasteiger partial charge in [0.25, 0.3) is 0 Å². The van der Waals surface area contributed by atoms with E-state index in [9.17, 15) is 5.11 Å². The van der Waals surface area contributed by atoms with E-state index in [0.717, 1.165) is 36.2 Å². The van der Waals surface area contributed by atoms with Crippen LogP contribution in [0.5, 0.6) is 0 Å². The lowest BCUT2D eigenvalue weighted by Gasteiger charge is -2.36. The molecule has 4 N–H and O–H groups in total. The molecule has 2 atom stereocenters. The van der Waals surface area contributed by atoms with Gasteiger partial charge < -0.3 is 16.2 Å². The molecule has 1 aliphatic rings. The number of benzene rings is 1. The fourth-order valence-electron chi connectivity index (χ4n) is 2.89. The van der Waals surface area contributed by atoms with Crippen molar-refractivity contribution in [2.75, 3.05) is 17.6 Å². The van der Waals surface area contributed by atoms with Gasteiger partial charge in [-0.15, -0.1) is 0 Å². The summed E-state index contributed by atoms with van der Waals surface area (Å²) in [5, 5.41) is 13.9. The summed E-state index contributed by atoms with van der Waals surface area (Å²) in [6.07, 6.45) is 4.11. The number of rotatable bonds is 3. The van der Waals surface area contributed by atoms with Crippen LogP contribution in [-0.2, 0) is 0 Å². The number of aliphatic hydroxyl groups is 1. The van der Waals surface area contributed by atoms with E-state index < -0.39 is 5.60 Å². The summed E-state index contributed by atoms with van der Waals surface area (Å²) < 4.78 is 0. The summed E-state index contributed by atoms with van der Waals surface area (Å²) in [5.74, 6) is 0.611. The first-order valence-electron chi connectivity index (χ1n) is 6.81. The van der Waals surface area contributed by atoms with E-state index in [-0.39, 0.29) is 0 Å². The normalized spacial score (nSPS) is 28.1. The summed E-state index contributed by atoms with van der Waals surface area (Å²) in [6, 6.07) is 5.96. The van der Waals surface area contributed by atoms with Crippen LogP contribution in [0.2, 0.25) is 0 Å². The van der Waals surface area contributed by atoms with Crippen LogP contribution in [0.4, 0.5) is 11.4 Å². The van der Waals surface area contributed by atoms with Gasteiger partial charge in [-0.2, -0.15) is 0 Å². The average Bonchev–Trinajstić information content (AvgIpc) is 2.31. The second-order valence-electron chi connectivity index (χ2n) is 5.82. The maximum absolute atomic E-state index is 10.6. The van der Waals surface area contributed by atoms with Crippen molar-refractivity contribution >= 4 is 11.4 Å². The number of aryl methyl sites for hydroxylation is 1. The van der Waals surface area contributed by atoms with Gasteiger partial charge in [-0.1, -0.05) is 31.9 Å². The van der Waals surface area contributed by atoms with Crippen LogP contribution in [0.25, 0.3) is 0 Å². The van der Waals surface area contributed by atoms with Crippen molar-refractivity contribution in [1.29, 1.82) is 0 Å². The number of hydrogen-bond donors (Lipinski definition) is 3. The topological polar surface area (TPSA) is 58.3 Å². The maximum Gasteiger partial charge on any atom is 0.0821 e. The Morgan fingerprint density at radius 3 is 3.00 bits per heavy atom. The van der Waals surface area contributed by atoms with E-state index in [2.05, 4.69) is 12.2 Å². The molecule has 2 rings (SSSR count). The van der Waals surface area contributed by atoms with E-state index in [4.69, 9.17) is 5.73 Å². The molecule has 1 aromatic carbocycles. The zero-order chi connectivity index (χ0) is 13.2. The molecule has 2 unspecified atom stereocenters. The van der Waals surface area contributed by atoms with Gasteiger partial charge >= 0.3 is 0 Å². The largest absolute Gasteiger partial charge is 0.397 e. The lowest BCUT2D eigenvalue weighted by molar-refractivity contribution is -0.000748. The summed E-state index contributed by atoms with van der Waals surface area (Å²) in [6.45, 7) is 4.80. The Bertz CT molecular complexity index is 419. The van der Waals surface area contributed by atoms with Crippen LogP contribution < -0.4 is 11.1 Å². The van der Waals surface area contributed by atoms with Crippen LogP contribution in [-0.4, -0.2) is 17.3 Å². The van der Waals surface area contributed by atoms with Gasteiger partial charge in [-0.25, -0.2) is 0 Å². The first-order valence-corrected chi connectivity index (χ1v) is 6.81. The van der Waals surface area contributed by atoms with Crippen molar-refractivity contribution in [1.82, 2.24) is 0 Å². The van der Waals surface area contributed by atoms with Crippen LogP contribution >= 0.6 is 0 Å². The van der Waals surface area contributed by atoms with E-state index >= 15 is 0 Å². The zero-order valence-corrected chi connectivity index (χ0v) is 11.4. The minimum Gasteiger partial charge on any atom is -0.397 e. The molecule has 0 radical (unpaired) electrons. The molecule has 1 aliphatic carbocycles. The molecule has 3 nitrogen and oxygen atoms in total. The number of hydrogen-bond acceptors (Lipinski definition) is 3. The molecule has 18 heavy (non-hydrogen) atoms. The van der Waals surface area contributed by atoms with Gasteiger partial charge in [-0.3, -0.25) is 0 Å². The molecule has 0 amide bonds. The molecule has 1 saturated carbocycles. The Kier molecular flexibility index (Phi) is 3.81. The highest BCUT2D eigenvalue weighted by Crippen LogP contribution is 2.33. The summed E-state index contributed by atoms with van der Waals surface area (Å²) >= 11 is 0. The highest BCUT2D eigenvalue weighted by molar-refractivity contribution is 5.69. The Morgan fingerprint density at radius 2 is 2.28 bits per heavy atom. The van der Waals surface area contributed by atoms with Crippen molar-refractivity contribution in [3.8, 4) is 0 Å². The van der Waals surface area contributed by atoms with Crippen molar-refractivity contribution in [3.05, 3.63) is 23.8 Å². The SMILES string of the molecule is Cc1cccc(NCC2(O)CCCC(C)C2)c1N. The second-order valence-corrected chi connectivity index (χ2v) is 5.82. The Morgan fingerprint density at radius 1 is 1.50 bits per heavy atom. The first-order chi connectivity index (χ1) is 8.50. The third-order valence-electron chi connectivity index (χ3n) is 4.00. The minimum absolute atomic E-state index is 0.576. The van der Waals surface area contributed by atoms with Crippen LogP contribution in [0, 0.1) is 12.8 Å². The smallest absolute Gasteiger partial charge is 0.0821 e. The number of nitrogen functional groups attached to an aromatic ring is 1. The number of para-hydroxylation sites is 1. The van der Waals surface area contributed by atoms with Crippen LogP contribution in [0.3, 0.4) is 0 Å². The van der Waals surface area contributed by atoms with E-state index in [0.29, 0.717) is 12.5 Å². The molecule has 1 aromatic rings. The molecule has 100 valence electrons. The molecule has 0 saturated heterocycles. The molecule has 0 aliphatic heterocycles. The number of nitrogens with two attached hydrogens (primary N) is 1. The molecule has 1 fully saturated rings. The molecule has 0 spiro atoms. The van der Waals surface area contributed by atoms with Gasteiger partial charge in [0.05, 0.1) is 17.0 Å². The Balaban J connectivity index is 2.00. The Labute approximate surface area is 109 Å². The van der Waals surface area contributed by atoms with Gasteiger partial charge in [-0.05, 0) is 37.3 Å².